The van der Waals surface area contributed by atoms with Crippen molar-refractivity contribution in [3.05, 3.63) is 35.3 Å². The van der Waals surface area contributed by atoms with Gasteiger partial charge in [-0.05, 0) is 24.6 Å². The van der Waals surface area contributed by atoms with Crippen molar-refractivity contribution in [2.45, 2.75) is 15.7 Å². The Hall–Kier alpha value is -0.910. The maximum absolute atomic E-state index is 5.57. The van der Waals surface area contributed by atoms with Gasteiger partial charge in [-0.3, -0.25) is 0 Å². The van der Waals surface area contributed by atoms with E-state index in [0.29, 0.717) is 6.54 Å². The van der Waals surface area contributed by atoms with Gasteiger partial charge in [0.05, 0.1) is 0 Å². The second-order valence-electron chi connectivity index (χ2n) is 2.95. The molecule has 0 atom stereocenters. The summed E-state index contributed by atoms with van der Waals surface area (Å²) in [5.74, 6) is 0. The summed E-state index contributed by atoms with van der Waals surface area (Å²) in [5.41, 5.74) is 8.59. The highest BCUT2D eigenvalue weighted by Gasteiger charge is 2.05. The number of benzene rings is 1. The molecule has 0 aliphatic rings. The third kappa shape index (κ3) is 2.77. The molecular formula is C10H11N3S2. The molecule has 0 aliphatic carbocycles. The van der Waals surface area contributed by atoms with E-state index in [2.05, 4.69) is 22.3 Å². The molecule has 3 nitrogen and oxygen atoms in total. The Kier molecular flexibility index (Phi) is 3.71. The van der Waals surface area contributed by atoms with Gasteiger partial charge in [-0.25, -0.2) is 0 Å². The highest BCUT2D eigenvalue weighted by atomic mass is 32.2. The van der Waals surface area contributed by atoms with E-state index >= 15 is 0 Å². The predicted octanol–water partition coefficient (Wildman–Crippen LogP) is 2.19. The third-order valence-electron chi connectivity index (χ3n) is 1.92. The SMILES string of the molecule is NCCc1ccccc1Sc1nncs1. The minimum absolute atomic E-state index is 0.674. The number of hydrogen-bond donors (Lipinski definition) is 1. The summed E-state index contributed by atoms with van der Waals surface area (Å²) in [5, 5.41) is 7.83. The van der Waals surface area contributed by atoms with E-state index in [1.807, 2.05) is 12.1 Å². The highest BCUT2D eigenvalue weighted by molar-refractivity contribution is 8.01. The van der Waals surface area contributed by atoms with E-state index in [1.54, 1.807) is 28.6 Å². The van der Waals surface area contributed by atoms with Gasteiger partial charge in [0.15, 0.2) is 4.34 Å². The summed E-state index contributed by atoms with van der Waals surface area (Å²) in [4.78, 5) is 1.22. The Bertz CT molecular complexity index is 414. The molecule has 0 spiro atoms. The summed E-state index contributed by atoms with van der Waals surface area (Å²) in [7, 11) is 0. The molecule has 0 fully saturated rings. The molecule has 0 aliphatic heterocycles. The van der Waals surface area contributed by atoms with E-state index in [9.17, 15) is 0 Å². The van der Waals surface area contributed by atoms with Crippen molar-refractivity contribution >= 4 is 23.1 Å². The van der Waals surface area contributed by atoms with Crippen LogP contribution in [-0.4, -0.2) is 16.7 Å². The van der Waals surface area contributed by atoms with Crippen molar-refractivity contribution in [1.82, 2.24) is 10.2 Å². The van der Waals surface area contributed by atoms with Gasteiger partial charge in [-0.15, -0.1) is 10.2 Å². The molecule has 0 bridgehead atoms. The lowest BCUT2D eigenvalue weighted by Gasteiger charge is -2.05. The van der Waals surface area contributed by atoms with Crippen LogP contribution >= 0.6 is 23.1 Å². The molecule has 0 amide bonds. The first kappa shape index (κ1) is 10.6. The van der Waals surface area contributed by atoms with Gasteiger partial charge in [0, 0.05) is 4.90 Å². The predicted molar refractivity (Wildman–Crippen MR) is 63.2 cm³/mol. The molecule has 0 saturated heterocycles. The van der Waals surface area contributed by atoms with Crippen LogP contribution in [-0.2, 0) is 6.42 Å². The molecule has 0 unspecified atom stereocenters. The standard InChI is InChI=1S/C10H11N3S2/c11-6-5-8-3-1-2-4-9(8)15-10-13-12-7-14-10/h1-4,7H,5-6,11H2. The largest absolute Gasteiger partial charge is 0.330 e. The molecule has 1 heterocycles. The van der Waals surface area contributed by atoms with E-state index in [1.165, 1.54) is 10.5 Å². The van der Waals surface area contributed by atoms with Crippen LogP contribution in [0.25, 0.3) is 0 Å². The molecule has 1 aromatic heterocycles. The topological polar surface area (TPSA) is 51.8 Å². The second-order valence-corrected chi connectivity index (χ2v) is 5.08. The Morgan fingerprint density at radius 3 is 2.93 bits per heavy atom. The maximum atomic E-state index is 5.57. The molecule has 2 N–H and O–H groups in total. The molecule has 5 heteroatoms. The normalized spacial score (nSPS) is 10.5. The first-order valence-corrected chi connectivity index (χ1v) is 6.32. The van der Waals surface area contributed by atoms with Crippen LogP contribution in [0.15, 0.2) is 39.0 Å². The van der Waals surface area contributed by atoms with Gasteiger partial charge in [0.25, 0.3) is 0 Å². The fourth-order valence-corrected chi connectivity index (χ4v) is 2.86. The Balaban J connectivity index is 2.20. The summed E-state index contributed by atoms with van der Waals surface area (Å²) in [6.07, 6.45) is 0.905. The number of aromatic nitrogens is 2. The Labute approximate surface area is 96.7 Å². The van der Waals surface area contributed by atoms with E-state index in [0.717, 1.165) is 10.8 Å². The van der Waals surface area contributed by atoms with Crippen LogP contribution in [0.1, 0.15) is 5.56 Å². The summed E-state index contributed by atoms with van der Waals surface area (Å²) >= 11 is 3.20. The van der Waals surface area contributed by atoms with Crippen LogP contribution in [0.5, 0.6) is 0 Å². The molecule has 78 valence electrons. The zero-order valence-corrected chi connectivity index (χ0v) is 9.72. The molecule has 2 aromatic rings. The van der Waals surface area contributed by atoms with Gasteiger partial charge in [0.1, 0.15) is 5.51 Å². The van der Waals surface area contributed by atoms with Crippen LogP contribution in [0, 0.1) is 0 Å². The minimum atomic E-state index is 0.674. The fraction of sp³-hybridized carbons (Fsp3) is 0.200. The van der Waals surface area contributed by atoms with Gasteiger partial charge in [-0.2, -0.15) is 0 Å². The van der Waals surface area contributed by atoms with E-state index < -0.39 is 0 Å². The summed E-state index contributed by atoms with van der Waals surface area (Å²) in [6.45, 7) is 0.674. The monoisotopic (exact) mass is 237 g/mol. The lowest BCUT2D eigenvalue weighted by molar-refractivity contribution is 0.942. The minimum Gasteiger partial charge on any atom is -0.330 e. The van der Waals surface area contributed by atoms with E-state index in [4.69, 9.17) is 5.73 Å². The number of hydrogen-bond acceptors (Lipinski definition) is 5. The molecule has 15 heavy (non-hydrogen) atoms. The Morgan fingerprint density at radius 2 is 2.20 bits per heavy atom. The van der Waals surface area contributed by atoms with Gasteiger partial charge in [-0.1, -0.05) is 41.3 Å². The average Bonchev–Trinajstić information content (AvgIpc) is 2.74. The van der Waals surface area contributed by atoms with Gasteiger partial charge < -0.3 is 5.73 Å². The summed E-state index contributed by atoms with van der Waals surface area (Å²) < 4.78 is 0.972. The number of nitrogens with zero attached hydrogens (tertiary/aromatic N) is 2. The molecule has 2 rings (SSSR count). The van der Waals surface area contributed by atoms with Crippen LogP contribution in [0.2, 0.25) is 0 Å². The van der Waals surface area contributed by atoms with Gasteiger partial charge in [0.2, 0.25) is 0 Å². The smallest absolute Gasteiger partial charge is 0.178 e. The van der Waals surface area contributed by atoms with Crippen molar-refractivity contribution < 1.29 is 0 Å². The highest BCUT2D eigenvalue weighted by Crippen LogP contribution is 2.31. The van der Waals surface area contributed by atoms with Crippen molar-refractivity contribution in [3.63, 3.8) is 0 Å². The zero-order valence-electron chi connectivity index (χ0n) is 8.09. The zero-order chi connectivity index (χ0) is 10.5. The molecule has 1 aromatic carbocycles. The Morgan fingerprint density at radius 1 is 1.33 bits per heavy atom. The maximum Gasteiger partial charge on any atom is 0.178 e. The first-order chi connectivity index (χ1) is 7.40. The number of nitrogens with two attached hydrogens (primary N) is 1. The quantitative estimate of drug-likeness (QED) is 0.885. The van der Waals surface area contributed by atoms with Crippen LogP contribution < -0.4 is 5.73 Å². The molecule has 0 radical (unpaired) electrons. The fourth-order valence-electron chi connectivity index (χ4n) is 1.27. The lowest BCUT2D eigenvalue weighted by atomic mass is 10.1. The van der Waals surface area contributed by atoms with E-state index in [-0.39, 0.29) is 0 Å². The van der Waals surface area contributed by atoms with Crippen molar-refractivity contribution in [2.24, 2.45) is 5.73 Å². The van der Waals surface area contributed by atoms with Gasteiger partial charge >= 0.3 is 0 Å². The van der Waals surface area contributed by atoms with Crippen LogP contribution in [0.4, 0.5) is 0 Å². The second kappa shape index (κ2) is 5.25. The lowest BCUT2D eigenvalue weighted by Crippen LogP contribution is -2.03. The van der Waals surface area contributed by atoms with Crippen LogP contribution in [0.3, 0.4) is 0 Å². The third-order valence-corrected chi connectivity index (χ3v) is 3.82. The first-order valence-electron chi connectivity index (χ1n) is 4.62. The average molecular weight is 237 g/mol. The van der Waals surface area contributed by atoms with Crippen molar-refractivity contribution in [2.75, 3.05) is 6.54 Å². The van der Waals surface area contributed by atoms with Crippen molar-refractivity contribution in [1.29, 1.82) is 0 Å². The molecular weight excluding hydrogens is 226 g/mol. The van der Waals surface area contributed by atoms with Crippen molar-refractivity contribution in [3.8, 4) is 0 Å². The molecule has 0 saturated carbocycles. The summed E-state index contributed by atoms with van der Waals surface area (Å²) in [6, 6.07) is 8.27. The number of rotatable bonds is 4.